The number of ether oxygens (including phenoxy) is 2. The molecular formula is C24H25N3O6. The van der Waals surface area contributed by atoms with Gasteiger partial charge >= 0.3 is 5.97 Å². The van der Waals surface area contributed by atoms with Crippen molar-refractivity contribution >= 4 is 29.3 Å². The first-order chi connectivity index (χ1) is 15.8. The molecule has 0 aliphatic carbocycles. The van der Waals surface area contributed by atoms with Gasteiger partial charge in [0.05, 0.1) is 6.42 Å². The molecule has 0 spiro atoms. The number of esters is 1. The Morgan fingerprint density at radius 3 is 2.24 bits per heavy atom. The molecule has 2 N–H and O–H groups in total. The Hall–Kier alpha value is -4.14. The number of hydrogen-bond acceptors (Lipinski definition) is 7. The third kappa shape index (κ3) is 7.49. The first-order valence-corrected chi connectivity index (χ1v) is 10.3. The van der Waals surface area contributed by atoms with E-state index in [4.69, 9.17) is 14.0 Å². The van der Waals surface area contributed by atoms with Gasteiger partial charge in [-0.1, -0.05) is 11.2 Å². The molecule has 9 nitrogen and oxygen atoms in total. The minimum atomic E-state index is -0.659. The summed E-state index contributed by atoms with van der Waals surface area (Å²) in [5.74, 6) is 0.586. The van der Waals surface area contributed by atoms with Gasteiger partial charge in [-0.15, -0.1) is 0 Å². The van der Waals surface area contributed by atoms with E-state index in [2.05, 4.69) is 15.8 Å². The molecule has 0 aliphatic heterocycles. The van der Waals surface area contributed by atoms with Crippen molar-refractivity contribution in [3.63, 3.8) is 0 Å². The van der Waals surface area contributed by atoms with Crippen molar-refractivity contribution in [1.82, 2.24) is 5.16 Å². The highest BCUT2D eigenvalue weighted by molar-refractivity contribution is 5.94. The van der Waals surface area contributed by atoms with Gasteiger partial charge in [-0.3, -0.25) is 14.4 Å². The Labute approximate surface area is 191 Å². The van der Waals surface area contributed by atoms with E-state index in [9.17, 15) is 14.4 Å². The average Bonchev–Trinajstić information content (AvgIpc) is 3.19. The van der Waals surface area contributed by atoms with E-state index in [1.807, 2.05) is 32.0 Å². The van der Waals surface area contributed by atoms with E-state index in [-0.39, 0.29) is 24.6 Å². The maximum Gasteiger partial charge on any atom is 0.306 e. The lowest BCUT2D eigenvalue weighted by Crippen LogP contribution is -2.21. The summed E-state index contributed by atoms with van der Waals surface area (Å²) in [6.45, 7) is 5.26. The van der Waals surface area contributed by atoms with Crippen LogP contribution in [0.15, 0.2) is 53.1 Å². The third-order valence-electron chi connectivity index (χ3n) is 4.67. The molecule has 0 unspecified atom stereocenters. The molecule has 0 radical (unpaired) electrons. The van der Waals surface area contributed by atoms with Gasteiger partial charge in [0, 0.05) is 18.2 Å². The molecule has 172 valence electrons. The van der Waals surface area contributed by atoms with Gasteiger partial charge in [0.15, 0.2) is 12.4 Å². The molecule has 9 heteroatoms. The van der Waals surface area contributed by atoms with Crippen molar-refractivity contribution in [2.45, 2.75) is 33.6 Å². The molecule has 3 rings (SSSR count). The van der Waals surface area contributed by atoms with Crippen LogP contribution >= 0.6 is 0 Å². The highest BCUT2D eigenvalue weighted by Gasteiger charge is 2.12. The number of nitrogens with one attached hydrogen (secondary N) is 2. The molecule has 0 fully saturated rings. The van der Waals surface area contributed by atoms with E-state index in [1.54, 1.807) is 31.2 Å². The molecule has 0 atom stereocenters. The largest absolute Gasteiger partial charge is 0.457 e. The van der Waals surface area contributed by atoms with Crippen LogP contribution in [0.5, 0.6) is 11.5 Å². The molecule has 0 saturated carbocycles. The summed E-state index contributed by atoms with van der Waals surface area (Å²) in [7, 11) is 0. The standard InChI is InChI=1S/C24H25N3O6/c1-15-4-7-20(12-16(15)2)32-19-8-5-18(6-9-19)25-22(28)10-11-24(30)31-14-23(29)26-21-13-17(3)33-27-21/h4-9,12-13H,10-11,14H2,1-3H3,(H,25,28)(H,26,27,29). The van der Waals surface area contributed by atoms with Crippen molar-refractivity contribution < 1.29 is 28.4 Å². The van der Waals surface area contributed by atoms with Crippen molar-refractivity contribution in [2.24, 2.45) is 0 Å². The number of carbonyl (C=O) groups is 3. The van der Waals surface area contributed by atoms with Crippen molar-refractivity contribution in [2.75, 3.05) is 17.2 Å². The van der Waals surface area contributed by atoms with Crippen LogP contribution in [0.25, 0.3) is 0 Å². The lowest BCUT2D eigenvalue weighted by atomic mass is 10.1. The maximum absolute atomic E-state index is 12.1. The summed E-state index contributed by atoms with van der Waals surface area (Å²) in [5.41, 5.74) is 2.90. The van der Waals surface area contributed by atoms with Crippen molar-refractivity contribution in [3.8, 4) is 11.5 Å². The van der Waals surface area contributed by atoms with Crippen LogP contribution < -0.4 is 15.4 Å². The van der Waals surface area contributed by atoms with E-state index in [0.717, 1.165) is 11.3 Å². The Morgan fingerprint density at radius 1 is 0.848 bits per heavy atom. The maximum atomic E-state index is 12.1. The summed E-state index contributed by atoms with van der Waals surface area (Å²) < 4.78 is 15.5. The smallest absolute Gasteiger partial charge is 0.306 e. The topological polar surface area (TPSA) is 120 Å². The number of aromatic nitrogens is 1. The fourth-order valence-electron chi connectivity index (χ4n) is 2.78. The fourth-order valence-corrected chi connectivity index (χ4v) is 2.78. The number of hydrogen-bond donors (Lipinski definition) is 2. The Bertz CT molecular complexity index is 1140. The van der Waals surface area contributed by atoms with Gasteiger partial charge in [-0.05, 0) is 68.3 Å². The third-order valence-corrected chi connectivity index (χ3v) is 4.67. The van der Waals surface area contributed by atoms with Gasteiger partial charge in [0.1, 0.15) is 17.3 Å². The molecule has 2 aromatic carbocycles. The fraction of sp³-hybridized carbons (Fsp3) is 0.250. The molecular weight excluding hydrogens is 426 g/mol. The lowest BCUT2D eigenvalue weighted by Gasteiger charge is -2.09. The van der Waals surface area contributed by atoms with Crippen LogP contribution in [-0.2, 0) is 19.1 Å². The van der Waals surface area contributed by atoms with Crippen LogP contribution in [0.3, 0.4) is 0 Å². The molecule has 33 heavy (non-hydrogen) atoms. The van der Waals surface area contributed by atoms with E-state index >= 15 is 0 Å². The zero-order valence-corrected chi connectivity index (χ0v) is 18.6. The molecule has 3 aromatic rings. The van der Waals surface area contributed by atoms with Gasteiger partial charge in [-0.2, -0.15) is 0 Å². The highest BCUT2D eigenvalue weighted by Crippen LogP contribution is 2.25. The predicted octanol–water partition coefficient (Wildman–Crippen LogP) is 4.29. The monoisotopic (exact) mass is 451 g/mol. The lowest BCUT2D eigenvalue weighted by molar-refractivity contribution is -0.147. The Balaban J connectivity index is 1.37. The second kappa shape index (κ2) is 10.9. The summed E-state index contributed by atoms with van der Waals surface area (Å²) in [4.78, 5) is 35.6. The van der Waals surface area contributed by atoms with Crippen LogP contribution in [0.2, 0.25) is 0 Å². The second-order valence-corrected chi connectivity index (χ2v) is 7.45. The number of rotatable bonds is 9. The first kappa shape index (κ1) is 23.5. The first-order valence-electron chi connectivity index (χ1n) is 10.3. The number of carbonyl (C=O) groups excluding carboxylic acids is 3. The Morgan fingerprint density at radius 2 is 1.58 bits per heavy atom. The zero-order valence-electron chi connectivity index (χ0n) is 18.6. The summed E-state index contributed by atoms with van der Waals surface area (Å²) >= 11 is 0. The zero-order chi connectivity index (χ0) is 23.8. The molecule has 1 heterocycles. The summed E-state index contributed by atoms with van der Waals surface area (Å²) in [6.07, 6.45) is -0.236. The predicted molar refractivity (Wildman–Crippen MR) is 121 cm³/mol. The quantitative estimate of drug-likeness (QED) is 0.466. The van der Waals surface area contributed by atoms with Crippen LogP contribution in [0, 0.1) is 20.8 Å². The number of benzene rings is 2. The number of anilines is 2. The number of aryl methyl sites for hydroxylation is 3. The molecule has 0 aliphatic rings. The normalized spacial score (nSPS) is 10.4. The summed E-state index contributed by atoms with van der Waals surface area (Å²) in [5, 5.41) is 8.74. The van der Waals surface area contributed by atoms with E-state index in [1.165, 1.54) is 11.6 Å². The molecule has 0 saturated heterocycles. The number of nitrogens with zero attached hydrogens (tertiary/aromatic N) is 1. The van der Waals surface area contributed by atoms with Gasteiger partial charge in [-0.25, -0.2) is 0 Å². The minimum Gasteiger partial charge on any atom is -0.457 e. The second-order valence-electron chi connectivity index (χ2n) is 7.45. The van der Waals surface area contributed by atoms with Crippen LogP contribution in [0.1, 0.15) is 29.7 Å². The van der Waals surface area contributed by atoms with Gasteiger partial charge in [0.25, 0.3) is 5.91 Å². The van der Waals surface area contributed by atoms with Crippen LogP contribution in [0.4, 0.5) is 11.5 Å². The Kier molecular flexibility index (Phi) is 7.80. The molecule has 0 bridgehead atoms. The van der Waals surface area contributed by atoms with E-state index in [0.29, 0.717) is 17.2 Å². The number of amides is 2. The summed E-state index contributed by atoms with van der Waals surface area (Å²) in [6, 6.07) is 14.3. The van der Waals surface area contributed by atoms with Gasteiger partial charge in [0.2, 0.25) is 5.91 Å². The minimum absolute atomic E-state index is 0.0795. The van der Waals surface area contributed by atoms with Crippen LogP contribution in [-0.4, -0.2) is 29.5 Å². The van der Waals surface area contributed by atoms with Crippen molar-refractivity contribution in [3.05, 3.63) is 65.4 Å². The SMILES string of the molecule is Cc1cc(NC(=O)COC(=O)CCC(=O)Nc2ccc(Oc3ccc(C)c(C)c3)cc2)no1. The van der Waals surface area contributed by atoms with Gasteiger partial charge < -0.3 is 24.6 Å². The van der Waals surface area contributed by atoms with E-state index < -0.39 is 18.5 Å². The molecule has 2 amide bonds. The molecule has 1 aromatic heterocycles. The highest BCUT2D eigenvalue weighted by atomic mass is 16.5. The van der Waals surface area contributed by atoms with Crippen molar-refractivity contribution in [1.29, 1.82) is 0 Å². The average molecular weight is 451 g/mol.